The van der Waals surface area contributed by atoms with Crippen LogP contribution in [0.4, 0.5) is 0 Å². The zero-order valence-corrected chi connectivity index (χ0v) is 10.7. The van der Waals surface area contributed by atoms with Gasteiger partial charge >= 0.3 is 99.7 Å². The number of aromatic nitrogens is 2. The maximum atomic E-state index is 4.24. The minimum absolute atomic E-state index is 0.586. The molecule has 0 atom stereocenters. The van der Waals surface area contributed by atoms with Crippen LogP contribution in [0.15, 0.2) is 24.5 Å². The Morgan fingerprint density at radius 2 is 2.40 bits per heavy atom. The predicted octanol–water partition coefficient (Wildman–Crippen LogP) is 0.357. The van der Waals surface area contributed by atoms with E-state index in [2.05, 4.69) is 22.1 Å². The average Bonchev–Trinajstić information content (AvgIpc) is 2.33. The molecule has 2 heterocycles. The molecule has 10 heavy (non-hydrogen) atoms. The SMILES string of the molecule is [Rb][c]1cnc2[nH]ccc2c1. The molecule has 2 aromatic heterocycles. The number of hydrogen-bond donors (Lipinski definition) is 1. The van der Waals surface area contributed by atoms with Gasteiger partial charge in [0, 0.05) is 0 Å². The van der Waals surface area contributed by atoms with Gasteiger partial charge in [0.1, 0.15) is 0 Å². The predicted molar refractivity (Wildman–Crippen MR) is 41.5 cm³/mol. The van der Waals surface area contributed by atoms with Crippen LogP contribution in [0.3, 0.4) is 0 Å². The number of aromatic amines is 1. The van der Waals surface area contributed by atoms with Crippen LogP contribution in [0, 0.1) is 0 Å². The van der Waals surface area contributed by atoms with Crippen molar-refractivity contribution in [3.63, 3.8) is 0 Å². The van der Waals surface area contributed by atoms with Crippen molar-refractivity contribution in [2.75, 3.05) is 0 Å². The summed E-state index contributed by atoms with van der Waals surface area (Å²) in [6, 6.07) is 4.26. The average molecular weight is 203 g/mol. The summed E-state index contributed by atoms with van der Waals surface area (Å²) in [6.07, 6.45) is 3.88. The third-order valence-corrected chi connectivity index (χ3v) is 2.88. The van der Waals surface area contributed by atoms with Crippen LogP contribution in [0.5, 0.6) is 0 Å². The van der Waals surface area contributed by atoms with Gasteiger partial charge in [0.25, 0.3) is 0 Å². The molecular weight excluding hydrogens is 198 g/mol. The van der Waals surface area contributed by atoms with E-state index in [1.165, 1.54) is 4.02 Å². The fraction of sp³-hybridized carbons (Fsp3) is 0. The standard InChI is InChI=1S/C7H5N2.Rb/c1-2-6-3-5-9-7(6)8-4-1;/h2-5H,(H,8,9);. The molecule has 0 spiro atoms. The summed E-state index contributed by atoms with van der Waals surface area (Å²) >= 11 is 0.586. The van der Waals surface area contributed by atoms with E-state index in [1.807, 2.05) is 12.4 Å². The van der Waals surface area contributed by atoms with Gasteiger partial charge in [-0.2, -0.15) is 0 Å². The summed E-state index contributed by atoms with van der Waals surface area (Å²) in [5, 5.41) is 1.23. The molecule has 0 saturated heterocycles. The van der Waals surface area contributed by atoms with Crippen molar-refractivity contribution >= 4 is 65.2 Å². The Balaban J connectivity index is 2.86. The van der Waals surface area contributed by atoms with Crippen molar-refractivity contribution in [2.24, 2.45) is 0 Å². The molecule has 44 valence electrons. The van der Waals surface area contributed by atoms with Crippen LogP contribution in [0.2, 0.25) is 0 Å². The van der Waals surface area contributed by atoms with Gasteiger partial charge in [-0.3, -0.25) is 0 Å². The number of rotatable bonds is 0. The van der Waals surface area contributed by atoms with Crippen molar-refractivity contribution in [1.82, 2.24) is 9.97 Å². The van der Waals surface area contributed by atoms with E-state index in [4.69, 9.17) is 0 Å². The molecule has 0 radical (unpaired) electrons. The summed E-state index contributed by atoms with van der Waals surface area (Å²) in [5.74, 6) is 0. The first kappa shape index (κ1) is 7.16. The second-order valence-corrected chi connectivity index (χ2v) is 5.27. The van der Waals surface area contributed by atoms with Crippen molar-refractivity contribution in [3.8, 4) is 0 Å². The second-order valence-electron chi connectivity index (χ2n) is 2.43. The third-order valence-electron chi connectivity index (χ3n) is 1.54. The van der Waals surface area contributed by atoms with Crippen LogP contribution >= 0.6 is 0 Å². The Kier molecular flexibility index (Phi) is 2.04. The number of hydrogen-bond acceptors (Lipinski definition) is 1. The monoisotopic (exact) mass is 202 g/mol. The van der Waals surface area contributed by atoms with E-state index >= 15 is 0 Å². The van der Waals surface area contributed by atoms with Gasteiger partial charge < -0.3 is 0 Å². The summed E-state index contributed by atoms with van der Waals surface area (Å²) < 4.78 is 1.41. The molecule has 0 aliphatic heterocycles. The Labute approximate surface area is 97.8 Å². The van der Waals surface area contributed by atoms with Crippen LogP contribution in [-0.2, 0) is 0 Å². The number of nitrogens with zero attached hydrogens (tertiary/aromatic N) is 1. The molecule has 3 heteroatoms. The van der Waals surface area contributed by atoms with Crippen molar-refractivity contribution in [3.05, 3.63) is 24.5 Å². The molecule has 0 bridgehead atoms. The Hall–Kier alpha value is 0.495. The molecule has 1 N–H and O–H groups in total. The van der Waals surface area contributed by atoms with Gasteiger partial charge in [-0.15, -0.1) is 0 Å². The Morgan fingerprint density at radius 3 is 3.30 bits per heavy atom. The molecule has 0 amide bonds. The van der Waals surface area contributed by atoms with Gasteiger partial charge in [0.2, 0.25) is 0 Å². The molecule has 0 unspecified atom stereocenters. The van der Waals surface area contributed by atoms with E-state index in [-0.39, 0.29) is 0 Å². The molecule has 0 aliphatic carbocycles. The molecule has 0 fully saturated rings. The fourth-order valence-electron chi connectivity index (χ4n) is 1.05. The summed E-state index contributed by atoms with van der Waals surface area (Å²) in [4.78, 5) is 7.30. The van der Waals surface area contributed by atoms with E-state index in [0.717, 1.165) is 5.65 Å². The Bertz CT molecular complexity index is 353. The molecule has 0 aliphatic rings. The first-order valence-electron chi connectivity index (χ1n) is 3.26. The minimum atomic E-state index is 0.586. The van der Waals surface area contributed by atoms with E-state index in [1.54, 1.807) is 0 Å². The summed E-state index contributed by atoms with van der Waals surface area (Å²) in [5.41, 5.74) is 0.997. The molecule has 2 rings (SSSR count). The van der Waals surface area contributed by atoms with Gasteiger partial charge in [0.05, 0.1) is 0 Å². The first-order valence-corrected chi connectivity index (χ1v) is 5.72. The van der Waals surface area contributed by atoms with E-state index in [9.17, 15) is 0 Å². The zero-order chi connectivity index (χ0) is 6.97. The first-order chi connectivity index (χ1) is 4.86. The molecule has 2 aromatic rings. The Morgan fingerprint density at radius 1 is 1.50 bits per heavy atom. The van der Waals surface area contributed by atoms with Gasteiger partial charge in [-0.05, 0) is 0 Å². The van der Waals surface area contributed by atoms with Gasteiger partial charge in [-0.25, -0.2) is 0 Å². The summed E-state index contributed by atoms with van der Waals surface area (Å²) in [6.45, 7) is 0. The number of nitrogens with one attached hydrogen (secondary N) is 1. The van der Waals surface area contributed by atoms with Crippen LogP contribution in [0.1, 0.15) is 0 Å². The van der Waals surface area contributed by atoms with E-state index in [0.29, 0.717) is 55.5 Å². The topological polar surface area (TPSA) is 28.7 Å². The molecule has 0 aromatic carbocycles. The van der Waals surface area contributed by atoms with Crippen LogP contribution < -0.4 is -1.37 Å². The molecule has 2 nitrogen and oxygen atoms in total. The second kappa shape index (κ2) is 2.85. The third kappa shape index (κ3) is 1.26. The zero-order valence-electron chi connectivity index (χ0n) is 5.76. The van der Waals surface area contributed by atoms with Gasteiger partial charge in [0.15, 0.2) is 0 Å². The fourth-order valence-corrected chi connectivity index (χ4v) is 2.13. The van der Waals surface area contributed by atoms with Crippen LogP contribution in [-0.4, -0.2) is 65.5 Å². The normalized spacial score (nSPS) is 10.6. The maximum absolute atomic E-state index is 4.24. The van der Waals surface area contributed by atoms with Crippen molar-refractivity contribution < 1.29 is 0 Å². The quantitative estimate of drug-likeness (QED) is 0.657. The van der Waals surface area contributed by atoms with Crippen molar-refractivity contribution in [2.45, 2.75) is 0 Å². The van der Waals surface area contributed by atoms with Gasteiger partial charge in [-0.1, -0.05) is 0 Å². The molecular formula is C7H5N2Rb. The number of H-pyrrole nitrogens is 1. The summed E-state index contributed by atoms with van der Waals surface area (Å²) in [7, 11) is 0. The molecule has 0 saturated carbocycles. The number of fused-ring (bicyclic) bond motifs is 1. The number of pyridine rings is 1. The van der Waals surface area contributed by atoms with Crippen molar-refractivity contribution in [1.29, 1.82) is 0 Å². The van der Waals surface area contributed by atoms with Crippen LogP contribution in [0.25, 0.3) is 11.0 Å². The van der Waals surface area contributed by atoms with E-state index < -0.39 is 0 Å².